The summed E-state index contributed by atoms with van der Waals surface area (Å²) >= 11 is 0. The number of halogens is 1. The van der Waals surface area contributed by atoms with E-state index in [0.717, 1.165) is 24.2 Å². The number of rotatable bonds is 6. The molecule has 2 rings (SSSR count). The zero-order chi connectivity index (χ0) is 15.2. The van der Waals surface area contributed by atoms with E-state index >= 15 is 0 Å². The van der Waals surface area contributed by atoms with E-state index in [4.69, 9.17) is 4.74 Å². The topological polar surface area (TPSA) is 21.3 Å². The van der Waals surface area contributed by atoms with Gasteiger partial charge in [0.15, 0.2) is 0 Å². The third-order valence-electron chi connectivity index (χ3n) is 3.55. The highest BCUT2D eigenvalue weighted by atomic mass is 19.1. The van der Waals surface area contributed by atoms with Crippen molar-refractivity contribution in [3.63, 3.8) is 0 Å². The summed E-state index contributed by atoms with van der Waals surface area (Å²) in [5.41, 5.74) is 2.76. The Kier molecular flexibility index (Phi) is 5.20. The van der Waals surface area contributed by atoms with Crippen LogP contribution >= 0.6 is 0 Å². The van der Waals surface area contributed by atoms with Gasteiger partial charge < -0.3 is 10.1 Å². The number of ether oxygens (including phenoxy) is 1. The van der Waals surface area contributed by atoms with Crippen molar-refractivity contribution in [2.75, 3.05) is 12.4 Å². The van der Waals surface area contributed by atoms with Crippen LogP contribution in [0.5, 0.6) is 5.75 Å². The molecular weight excluding hydrogens is 265 g/mol. The molecule has 1 N–H and O–H groups in total. The van der Waals surface area contributed by atoms with E-state index < -0.39 is 0 Å². The van der Waals surface area contributed by atoms with Crippen molar-refractivity contribution in [3.05, 3.63) is 59.4 Å². The van der Waals surface area contributed by atoms with E-state index in [-0.39, 0.29) is 11.9 Å². The maximum absolute atomic E-state index is 13.8. The second kappa shape index (κ2) is 7.11. The van der Waals surface area contributed by atoms with Gasteiger partial charge in [-0.25, -0.2) is 4.39 Å². The molecule has 0 bridgehead atoms. The van der Waals surface area contributed by atoms with Gasteiger partial charge in [0.05, 0.1) is 12.8 Å². The first kappa shape index (κ1) is 15.4. The quantitative estimate of drug-likeness (QED) is 0.840. The Hall–Kier alpha value is -2.03. The molecule has 3 heteroatoms. The van der Waals surface area contributed by atoms with E-state index in [9.17, 15) is 4.39 Å². The van der Waals surface area contributed by atoms with Crippen molar-refractivity contribution in [2.24, 2.45) is 0 Å². The fraction of sp³-hybridized carbons (Fsp3) is 0.333. The molecule has 2 aromatic rings. The van der Waals surface area contributed by atoms with Crippen LogP contribution in [0.4, 0.5) is 10.1 Å². The highest BCUT2D eigenvalue weighted by Gasteiger charge is 2.07. The SMILES string of the molecule is COc1ccc(CCC(C)Nc2ccc(C)cc2F)cc1. The van der Waals surface area contributed by atoms with Crippen LogP contribution in [-0.4, -0.2) is 13.2 Å². The van der Waals surface area contributed by atoms with Gasteiger partial charge in [-0.2, -0.15) is 0 Å². The van der Waals surface area contributed by atoms with Crippen molar-refractivity contribution in [1.82, 2.24) is 0 Å². The lowest BCUT2D eigenvalue weighted by atomic mass is 10.1. The molecule has 0 radical (unpaired) electrons. The third kappa shape index (κ3) is 4.48. The highest BCUT2D eigenvalue weighted by Crippen LogP contribution is 2.18. The largest absolute Gasteiger partial charge is 0.497 e. The van der Waals surface area contributed by atoms with Crippen molar-refractivity contribution in [2.45, 2.75) is 32.7 Å². The van der Waals surface area contributed by atoms with Gasteiger partial charge in [0.1, 0.15) is 11.6 Å². The van der Waals surface area contributed by atoms with Crippen LogP contribution in [0, 0.1) is 12.7 Å². The van der Waals surface area contributed by atoms with Crippen LogP contribution in [0.1, 0.15) is 24.5 Å². The van der Waals surface area contributed by atoms with Crippen molar-refractivity contribution < 1.29 is 9.13 Å². The van der Waals surface area contributed by atoms with Crippen LogP contribution in [0.3, 0.4) is 0 Å². The molecule has 1 atom stereocenters. The van der Waals surface area contributed by atoms with E-state index in [0.29, 0.717) is 5.69 Å². The normalized spacial score (nSPS) is 12.0. The summed E-state index contributed by atoms with van der Waals surface area (Å²) < 4.78 is 18.9. The van der Waals surface area contributed by atoms with Gasteiger partial charge in [-0.3, -0.25) is 0 Å². The molecular formula is C18H22FNO. The zero-order valence-electron chi connectivity index (χ0n) is 12.8. The van der Waals surface area contributed by atoms with Crippen molar-refractivity contribution >= 4 is 5.69 Å². The summed E-state index contributed by atoms with van der Waals surface area (Å²) in [6.45, 7) is 3.96. The fourth-order valence-electron chi connectivity index (χ4n) is 2.25. The van der Waals surface area contributed by atoms with E-state index in [2.05, 4.69) is 24.4 Å². The standard InChI is InChI=1S/C18H22FNO/c1-13-4-11-18(17(19)12-13)20-14(2)5-6-15-7-9-16(21-3)10-8-15/h4,7-12,14,20H,5-6H2,1-3H3. The average molecular weight is 287 g/mol. The van der Waals surface area contributed by atoms with E-state index in [1.54, 1.807) is 19.2 Å². The number of nitrogens with one attached hydrogen (secondary N) is 1. The van der Waals surface area contributed by atoms with E-state index in [1.165, 1.54) is 5.56 Å². The smallest absolute Gasteiger partial charge is 0.146 e. The Morgan fingerprint density at radius 2 is 1.86 bits per heavy atom. The maximum atomic E-state index is 13.8. The molecule has 21 heavy (non-hydrogen) atoms. The number of hydrogen-bond acceptors (Lipinski definition) is 2. The van der Waals surface area contributed by atoms with Gasteiger partial charge in [0.25, 0.3) is 0 Å². The van der Waals surface area contributed by atoms with Crippen LogP contribution in [0.15, 0.2) is 42.5 Å². The Labute approximate surface area is 126 Å². The monoisotopic (exact) mass is 287 g/mol. The Morgan fingerprint density at radius 1 is 1.14 bits per heavy atom. The van der Waals surface area contributed by atoms with Gasteiger partial charge in [-0.15, -0.1) is 0 Å². The fourth-order valence-corrected chi connectivity index (χ4v) is 2.25. The molecule has 2 nitrogen and oxygen atoms in total. The molecule has 0 heterocycles. The van der Waals surface area contributed by atoms with Gasteiger partial charge >= 0.3 is 0 Å². The van der Waals surface area contributed by atoms with Crippen LogP contribution in [0.2, 0.25) is 0 Å². The lowest BCUT2D eigenvalue weighted by Gasteiger charge is -2.16. The average Bonchev–Trinajstić information content (AvgIpc) is 2.48. The minimum absolute atomic E-state index is 0.189. The molecule has 0 aromatic heterocycles. The van der Waals surface area contributed by atoms with Gasteiger partial charge in [-0.05, 0) is 62.1 Å². The second-order valence-corrected chi connectivity index (χ2v) is 5.42. The molecule has 1 unspecified atom stereocenters. The van der Waals surface area contributed by atoms with Gasteiger partial charge in [0, 0.05) is 6.04 Å². The summed E-state index contributed by atoms with van der Waals surface area (Å²) in [5, 5.41) is 3.23. The number of aryl methyl sites for hydroxylation is 2. The molecule has 0 spiro atoms. The van der Waals surface area contributed by atoms with Gasteiger partial charge in [-0.1, -0.05) is 18.2 Å². The molecule has 112 valence electrons. The predicted octanol–water partition coefficient (Wildman–Crippen LogP) is 4.58. The Balaban J connectivity index is 1.87. The van der Waals surface area contributed by atoms with Crippen LogP contribution < -0.4 is 10.1 Å². The second-order valence-electron chi connectivity index (χ2n) is 5.42. The van der Waals surface area contributed by atoms with Crippen LogP contribution in [-0.2, 0) is 6.42 Å². The van der Waals surface area contributed by atoms with Crippen LogP contribution in [0.25, 0.3) is 0 Å². The first-order chi connectivity index (χ1) is 10.1. The summed E-state index contributed by atoms with van der Waals surface area (Å²) in [5.74, 6) is 0.679. The number of hydrogen-bond donors (Lipinski definition) is 1. The molecule has 0 aliphatic rings. The maximum Gasteiger partial charge on any atom is 0.146 e. The molecule has 0 aliphatic carbocycles. The first-order valence-electron chi connectivity index (χ1n) is 7.24. The molecule has 0 saturated carbocycles. The summed E-state index contributed by atoms with van der Waals surface area (Å²) in [4.78, 5) is 0. The minimum Gasteiger partial charge on any atom is -0.497 e. The lowest BCUT2D eigenvalue weighted by Crippen LogP contribution is -2.16. The van der Waals surface area contributed by atoms with Crippen molar-refractivity contribution in [3.8, 4) is 5.75 Å². The minimum atomic E-state index is -0.189. The molecule has 0 saturated heterocycles. The van der Waals surface area contributed by atoms with Crippen molar-refractivity contribution in [1.29, 1.82) is 0 Å². The summed E-state index contributed by atoms with van der Waals surface area (Å²) in [7, 11) is 1.66. The number of methoxy groups -OCH3 is 1. The molecule has 0 aliphatic heterocycles. The Morgan fingerprint density at radius 3 is 2.48 bits per heavy atom. The van der Waals surface area contributed by atoms with E-state index in [1.807, 2.05) is 25.1 Å². The first-order valence-corrected chi connectivity index (χ1v) is 7.24. The lowest BCUT2D eigenvalue weighted by molar-refractivity contribution is 0.414. The molecule has 0 fully saturated rings. The molecule has 2 aromatic carbocycles. The third-order valence-corrected chi connectivity index (χ3v) is 3.55. The molecule has 0 amide bonds. The Bertz CT molecular complexity index is 580. The predicted molar refractivity (Wildman–Crippen MR) is 85.5 cm³/mol. The number of benzene rings is 2. The highest BCUT2D eigenvalue weighted by molar-refractivity contribution is 5.46. The van der Waals surface area contributed by atoms with Gasteiger partial charge in [0.2, 0.25) is 0 Å². The summed E-state index contributed by atoms with van der Waals surface area (Å²) in [6, 6.07) is 13.6. The number of anilines is 1. The summed E-state index contributed by atoms with van der Waals surface area (Å²) in [6.07, 6.45) is 1.89. The zero-order valence-corrected chi connectivity index (χ0v) is 12.8.